The SMILES string of the molecule is CCNC1CCC(c2cccc3c2OCCC3)C1. The van der Waals surface area contributed by atoms with Crippen molar-refractivity contribution < 1.29 is 4.74 Å². The van der Waals surface area contributed by atoms with Crippen LogP contribution in [0.4, 0.5) is 0 Å². The van der Waals surface area contributed by atoms with Crippen molar-refractivity contribution in [2.45, 2.75) is 51.0 Å². The van der Waals surface area contributed by atoms with E-state index in [1.165, 1.54) is 49.0 Å². The van der Waals surface area contributed by atoms with Gasteiger partial charge >= 0.3 is 0 Å². The van der Waals surface area contributed by atoms with Crippen LogP contribution in [0.5, 0.6) is 5.75 Å². The zero-order valence-electron chi connectivity index (χ0n) is 11.2. The van der Waals surface area contributed by atoms with E-state index in [0.717, 1.165) is 13.2 Å². The Morgan fingerprint density at radius 3 is 3.17 bits per heavy atom. The number of rotatable bonds is 3. The maximum atomic E-state index is 5.94. The Hall–Kier alpha value is -1.02. The van der Waals surface area contributed by atoms with Gasteiger partial charge in [-0.2, -0.15) is 0 Å². The summed E-state index contributed by atoms with van der Waals surface area (Å²) >= 11 is 0. The number of hydrogen-bond acceptors (Lipinski definition) is 2. The number of para-hydroxylation sites is 1. The van der Waals surface area contributed by atoms with Gasteiger partial charge in [-0.15, -0.1) is 0 Å². The van der Waals surface area contributed by atoms with Crippen LogP contribution in [0, 0.1) is 0 Å². The predicted octanol–water partition coefficient (Wildman–Crippen LogP) is 3.26. The molecule has 0 amide bonds. The highest BCUT2D eigenvalue weighted by molar-refractivity contribution is 5.45. The summed E-state index contributed by atoms with van der Waals surface area (Å²) in [5.41, 5.74) is 2.89. The second-order valence-electron chi connectivity index (χ2n) is 5.55. The molecule has 0 radical (unpaired) electrons. The molecular weight excluding hydrogens is 222 g/mol. The van der Waals surface area contributed by atoms with Crippen LogP contribution in [0.25, 0.3) is 0 Å². The Morgan fingerprint density at radius 1 is 1.33 bits per heavy atom. The number of fused-ring (bicyclic) bond motifs is 1. The first kappa shape index (κ1) is 12.0. The Labute approximate surface area is 110 Å². The molecular formula is C16H23NO. The Kier molecular flexibility index (Phi) is 3.55. The molecule has 18 heavy (non-hydrogen) atoms. The summed E-state index contributed by atoms with van der Waals surface area (Å²) < 4.78 is 5.94. The minimum Gasteiger partial charge on any atom is -0.493 e. The molecule has 2 nitrogen and oxygen atoms in total. The Balaban J connectivity index is 1.80. The maximum absolute atomic E-state index is 5.94. The molecule has 1 heterocycles. The van der Waals surface area contributed by atoms with Crippen molar-refractivity contribution in [1.82, 2.24) is 5.32 Å². The Morgan fingerprint density at radius 2 is 2.28 bits per heavy atom. The van der Waals surface area contributed by atoms with Gasteiger partial charge in [0.15, 0.2) is 0 Å². The highest BCUT2D eigenvalue weighted by Crippen LogP contribution is 2.41. The van der Waals surface area contributed by atoms with Crippen LogP contribution in [0.2, 0.25) is 0 Å². The molecule has 1 saturated carbocycles. The van der Waals surface area contributed by atoms with Gasteiger partial charge in [0.2, 0.25) is 0 Å². The van der Waals surface area contributed by atoms with E-state index in [4.69, 9.17) is 4.74 Å². The normalized spacial score (nSPS) is 26.7. The second kappa shape index (κ2) is 5.31. The molecule has 1 aliphatic heterocycles. The highest BCUT2D eigenvalue weighted by Gasteiger charge is 2.28. The molecule has 0 spiro atoms. The first-order valence-corrected chi connectivity index (χ1v) is 7.36. The fourth-order valence-electron chi connectivity index (χ4n) is 3.47. The standard InChI is InChI=1S/C16H23NO/c1-2-17-14-9-8-13(11-14)15-7-3-5-12-6-4-10-18-16(12)15/h3,5,7,13-14,17H,2,4,6,8-11H2,1H3. The van der Waals surface area contributed by atoms with Gasteiger partial charge in [0.25, 0.3) is 0 Å². The van der Waals surface area contributed by atoms with Crippen LogP contribution in [0.3, 0.4) is 0 Å². The number of hydrogen-bond donors (Lipinski definition) is 1. The third-order valence-corrected chi connectivity index (χ3v) is 4.33. The van der Waals surface area contributed by atoms with Crippen LogP contribution in [-0.4, -0.2) is 19.2 Å². The number of nitrogens with one attached hydrogen (secondary N) is 1. The lowest BCUT2D eigenvalue weighted by atomic mass is 9.92. The van der Waals surface area contributed by atoms with E-state index in [2.05, 4.69) is 30.4 Å². The fraction of sp³-hybridized carbons (Fsp3) is 0.625. The van der Waals surface area contributed by atoms with Crippen LogP contribution in [0.15, 0.2) is 18.2 Å². The van der Waals surface area contributed by atoms with Gasteiger partial charge < -0.3 is 10.1 Å². The van der Waals surface area contributed by atoms with Crippen molar-refractivity contribution in [3.63, 3.8) is 0 Å². The minimum atomic E-state index is 0.696. The van der Waals surface area contributed by atoms with Crippen LogP contribution in [0.1, 0.15) is 49.7 Å². The van der Waals surface area contributed by atoms with Crippen molar-refractivity contribution in [3.05, 3.63) is 29.3 Å². The summed E-state index contributed by atoms with van der Waals surface area (Å²) in [5, 5.41) is 3.58. The smallest absolute Gasteiger partial charge is 0.125 e. The lowest BCUT2D eigenvalue weighted by Crippen LogP contribution is -2.25. The minimum absolute atomic E-state index is 0.696. The van der Waals surface area contributed by atoms with Crippen LogP contribution >= 0.6 is 0 Å². The second-order valence-corrected chi connectivity index (χ2v) is 5.55. The molecule has 2 unspecified atom stereocenters. The Bertz CT molecular complexity index is 416. The average Bonchev–Trinajstić information content (AvgIpc) is 2.87. The summed E-state index contributed by atoms with van der Waals surface area (Å²) in [4.78, 5) is 0. The lowest BCUT2D eigenvalue weighted by Gasteiger charge is -2.23. The largest absolute Gasteiger partial charge is 0.493 e. The van der Waals surface area contributed by atoms with Crippen molar-refractivity contribution >= 4 is 0 Å². The first-order valence-electron chi connectivity index (χ1n) is 7.36. The van der Waals surface area contributed by atoms with Crippen molar-refractivity contribution in [2.75, 3.05) is 13.2 Å². The van der Waals surface area contributed by atoms with E-state index in [9.17, 15) is 0 Å². The monoisotopic (exact) mass is 245 g/mol. The van der Waals surface area contributed by atoms with E-state index in [1.54, 1.807) is 0 Å². The molecule has 1 aromatic rings. The summed E-state index contributed by atoms with van der Waals surface area (Å²) in [7, 11) is 0. The molecule has 1 aliphatic carbocycles. The van der Waals surface area contributed by atoms with Gasteiger partial charge in [-0.1, -0.05) is 25.1 Å². The van der Waals surface area contributed by atoms with E-state index in [1.807, 2.05) is 0 Å². The quantitative estimate of drug-likeness (QED) is 0.882. The molecule has 0 bridgehead atoms. The van der Waals surface area contributed by atoms with Gasteiger partial charge in [0, 0.05) is 6.04 Å². The zero-order chi connectivity index (χ0) is 12.4. The van der Waals surface area contributed by atoms with Gasteiger partial charge in [0.1, 0.15) is 5.75 Å². The maximum Gasteiger partial charge on any atom is 0.125 e. The number of ether oxygens (including phenoxy) is 1. The first-order chi connectivity index (χ1) is 8.88. The molecule has 3 rings (SSSR count). The van der Waals surface area contributed by atoms with E-state index < -0.39 is 0 Å². The van der Waals surface area contributed by atoms with Crippen molar-refractivity contribution in [3.8, 4) is 5.75 Å². The predicted molar refractivity (Wildman–Crippen MR) is 74.3 cm³/mol. The topological polar surface area (TPSA) is 21.3 Å². The number of aryl methyl sites for hydroxylation is 1. The van der Waals surface area contributed by atoms with Gasteiger partial charge in [-0.3, -0.25) is 0 Å². The molecule has 98 valence electrons. The number of benzene rings is 1. The summed E-state index contributed by atoms with van der Waals surface area (Å²) in [6, 6.07) is 7.43. The van der Waals surface area contributed by atoms with Crippen molar-refractivity contribution in [2.24, 2.45) is 0 Å². The van der Waals surface area contributed by atoms with Gasteiger partial charge in [-0.25, -0.2) is 0 Å². The zero-order valence-corrected chi connectivity index (χ0v) is 11.2. The molecule has 0 aromatic heterocycles. The van der Waals surface area contributed by atoms with Gasteiger partial charge in [-0.05, 0) is 55.7 Å². The third-order valence-electron chi connectivity index (χ3n) is 4.33. The summed E-state index contributed by atoms with van der Waals surface area (Å²) in [5.74, 6) is 1.91. The summed E-state index contributed by atoms with van der Waals surface area (Å²) in [6.45, 7) is 4.18. The molecule has 1 fully saturated rings. The fourth-order valence-corrected chi connectivity index (χ4v) is 3.47. The van der Waals surface area contributed by atoms with Crippen LogP contribution in [-0.2, 0) is 6.42 Å². The van der Waals surface area contributed by atoms with E-state index in [0.29, 0.717) is 12.0 Å². The van der Waals surface area contributed by atoms with E-state index >= 15 is 0 Å². The average molecular weight is 245 g/mol. The highest BCUT2D eigenvalue weighted by atomic mass is 16.5. The molecule has 2 aliphatic rings. The lowest BCUT2D eigenvalue weighted by molar-refractivity contribution is 0.283. The third kappa shape index (κ3) is 2.26. The van der Waals surface area contributed by atoms with E-state index in [-0.39, 0.29) is 0 Å². The van der Waals surface area contributed by atoms with Crippen molar-refractivity contribution in [1.29, 1.82) is 0 Å². The molecule has 2 heteroatoms. The molecule has 0 saturated heterocycles. The van der Waals surface area contributed by atoms with Gasteiger partial charge in [0.05, 0.1) is 6.61 Å². The summed E-state index contributed by atoms with van der Waals surface area (Å²) in [6.07, 6.45) is 6.24. The molecule has 2 atom stereocenters. The molecule has 1 N–H and O–H groups in total. The van der Waals surface area contributed by atoms with Crippen LogP contribution < -0.4 is 10.1 Å². The molecule has 1 aromatic carbocycles.